The Morgan fingerprint density at radius 3 is 2.93 bits per heavy atom. The van der Waals surface area contributed by atoms with Gasteiger partial charge in [-0.3, -0.25) is 4.79 Å². The van der Waals surface area contributed by atoms with Crippen molar-refractivity contribution in [2.24, 2.45) is 0 Å². The Kier molecular flexibility index (Phi) is 1.82. The number of hydrogen-bond donors (Lipinski definition) is 2. The van der Waals surface area contributed by atoms with Crippen LogP contribution in [0.2, 0.25) is 5.15 Å². The second kappa shape index (κ2) is 2.88. The highest BCUT2D eigenvalue weighted by molar-refractivity contribution is 6.28. The number of aromatic amines is 1. The standard InChI is InChI=1S/C8H5ClN2O3/c9-7-8(13)10-5-3-4(12)1-2-6(5)11(7)14/h1-3,12H,(H,10,13). The van der Waals surface area contributed by atoms with Gasteiger partial charge in [0, 0.05) is 12.1 Å². The van der Waals surface area contributed by atoms with E-state index in [-0.39, 0.29) is 16.8 Å². The first-order valence-corrected chi connectivity index (χ1v) is 4.11. The highest BCUT2D eigenvalue weighted by Gasteiger charge is 2.13. The van der Waals surface area contributed by atoms with Crippen LogP contribution in [-0.2, 0) is 0 Å². The van der Waals surface area contributed by atoms with E-state index >= 15 is 0 Å². The smallest absolute Gasteiger partial charge is 0.352 e. The van der Waals surface area contributed by atoms with E-state index in [2.05, 4.69) is 4.98 Å². The lowest BCUT2D eigenvalue weighted by atomic mass is 10.3. The van der Waals surface area contributed by atoms with Gasteiger partial charge in [-0.2, -0.15) is 0 Å². The number of aromatic hydroxyl groups is 1. The van der Waals surface area contributed by atoms with E-state index < -0.39 is 10.7 Å². The Bertz CT molecular complexity index is 564. The van der Waals surface area contributed by atoms with Crippen LogP contribution in [0.1, 0.15) is 0 Å². The van der Waals surface area contributed by atoms with Gasteiger partial charge in [0.05, 0.1) is 0 Å². The average Bonchev–Trinajstić information content (AvgIpc) is 2.14. The molecule has 0 radical (unpaired) electrons. The van der Waals surface area contributed by atoms with Gasteiger partial charge in [0.2, 0.25) is 5.52 Å². The summed E-state index contributed by atoms with van der Waals surface area (Å²) in [5, 5.41) is 20.0. The summed E-state index contributed by atoms with van der Waals surface area (Å²) in [7, 11) is 0. The Balaban J connectivity index is 2.98. The van der Waals surface area contributed by atoms with Gasteiger partial charge in [-0.15, -0.1) is 4.73 Å². The molecule has 1 aromatic heterocycles. The molecule has 0 amide bonds. The summed E-state index contributed by atoms with van der Waals surface area (Å²) < 4.78 is 0.315. The van der Waals surface area contributed by atoms with Gasteiger partial charge >= 0.3 is 10.7 Å². The monoisotopic (exact) mass is 212 g/mol. The van der Waals surface area contributed by atoms with Gasteiger partial charge in [-0.05, 0) is 17.7 Å². The third-order valence-electron chi connectivity index (χ3n) is 1.81. The topological polar surface area (TPSA) is 80.0 Å². The minimum absolute atomic E-state index is 0.0320. The molecule has 14 heavy (non-hydrogen) atoms. The van der Waals surface area contributed by atoms with Gasteiger partial charge in [0.1, 0.15) is 11.3 Å². The molecule has 0 unspecified atom stereocenters. The SMILES string of the molecule is O=c1[nH]c2cc(O)ccc2[n+]([O-])c1Cl. The summed E-state index contributed by atoms with van der Waals surface area (Å²) in [6, 6.07) is 3.99. The number of halogens is 1. The molecule has 72 valence electrons. The second-order valence-electron chi connectivity index (χ2n) is 2.74. The van der Waals surface area contributed by atoms with Crippen LogP contribution in [0.5, 0.6) is 5.75 Å². The fraction of sp³-hybridized carbons (Fsp3) is 0. The molecule has 1 heterocycles. The van der Waals surface area contributed by atoms with Crippen molar-refractivity contribution in [3.8, 4) is 5.75 Å². The lowest BCUT2D eigenvalue weighted by Crippen LogP contribution is -2.35. The van der Waals surface area contributed by atoms with E-state index in [4.69, 9.17) is 16.7 Å². The van der Waals surface area contributed by atoms with Crippen molar-refractivity contribution in [3.05, 3.63) is 38.9 Å². The third-order valence-corrected chi connectivity index (χ3v) is 2.14. The first kappa shape index (κ1) is 8.83. The molecular weight excluding hydrogens is 208 g/mol. The fourth-order valence-electron chi connectivity index (χ4n) is 1.17. The average molecular weight is 213 g/mol. The lowest BCUT2D eigenvalue weighted by molar-refractivity contribution is -0.575. The summed E-state index contributed by atoms with van der Waals surface area (Å²) in [6.45, 7) is 0. The second-order valence-corrected chi connectivity index (χ2v) is 3.10. The van der Waals surface area contributed by atoms with Crippen molar-refractivity contribution in [1.82, 2.24) is 4.98 Å². The molecule has 6 heteroatoms. The Labute approximate surface area is 82.8 Å². The molecule has 2 N–H and O–H groups in total. The Hall–Kier alpha value is -1.75. The molecule has 1 aromatic carbocycles. The van der Waals surface area contributed by atoms with Crippen molar-refractivity contribution in [3.63, 3.8) is 0 Å². The number of aromatic nitrogens is 2. The maximum Gasteiger partial charge on any atom is 0.352 e. The summed E-state index contributed by atoms with van der Waals surface area (Å²) in [5.74, 6) is -0.0320. The van der Waals surface area contributed by atoms with Gasteiger partial charge in [0.25, 0.3) is 0 Å². The van der Waals surface area contributed by atoms with E-state index in [1.54, 1.807) is 0 Å². The molecule has 2 rings (SSSR count). The highest BCUT2D eigenvalue weighted by Crippen LogP contribution is 2.14. The van der Waals surface area contributed by atoms with Crippen molar-refractivity contribution in [2.75, 3.05) is 0 Å². The largest absolute Gasteiger partial charge is 0.617 e. The molecule has 0 saturated heterocycles. The van der Waals surface area contributed by atoms with Gasteiger partial charge in [-0.25, -0.2) is 0 Å². The molecule has 0 aliphatic carbocycles. The predicted molar refractivity (Wildman–Crippen MR) is 50.2 cm³/mol. The third kappa shape index (κ3) is 1.18. The molecule has 0 bridgehead atoms. The van der Waals surface area contributed by atoms with E-state index in [1.807, 2.05) is 0 Å². The van der Waals surface area contributed by atoms with Crippen molar-refractivity contribution in [1.29, 1.82) is 0 Å². The van der Waals surface area contributed by atoms with Crippen molar-refractivity contribution in [2.45, 2.75) is 0 Å². The molecule has 0 atom stereocenters. The van der Waals surface area contributed by atoms with Crippen LogP contribution in [0.3, 0.4) is 0 Å². The number of phenolic OH excluding ortho intramolecular Hbond substituents is 1. The highest BCUT2D eigenvalue weighted by atomic mass is 35.5. The number of rotatable bonds is 0. The number of nitrogens with zero attached hydrogens (tertiary/aromatic N) is 1. The summed E-state index contributed by atoms with van der Waals surface area (Å²) in [5.41, 5.74) is -0.235. The summed E-state index contributed by atoms with van der Waals surface area (Å²) >= 11 is 5.44. The fourth-order valence-corrected chi connectivity index (χ4v) is 1.31. The van der Waals surface area contributed by atoms with E-state index in [9.17, 15) is 10.0 Å². The van der Waals surface area contributed by atoms with Crippen LogP contribution in [0, 0.1) is 5.21 Å². The first-order chi connectivity index (χ1) is 6.59. The maximum absolute atomic E-state index is 11.3. The molecule has 0 aliphatic heterocycles. The Morgan fingerprint density at radius 1 is 1.50 bits per heavy atom. The van der Waals surface area contributed by atoms with E-state index in [0.29, 0.717) is 4.73 Å². The molecule has 5 nitrogen and oxygen atoms in total. The van der Waals surface area contributed by atoms with E-state index in [0.717, 1.165) is 0 Å². The molecule has 0 aliphatic rings. The molecule has 2 aromatic rings. The predicted octanol–water partition coefficient (Wildman–Crippen LogP) is 0.520. The normalized spacial score (nSPS) is 10.6. The van der Waals surface area contributed by atoms with Crippen molar-refractivity contribution < 1.29 is 9.84 Å². The molecule has 0 fully saturated rings. The van der Waals surface area contributed by atoms with Crippen LogP contribution >= 0.6 is 11.6 Å². The zero-order valence-electron chi connectivity index (χ0n) is 6.82. The number of H-pyrrole nitrogens is 1. The summed E-state index contributed by atoms with van der Waals surface area (Å²) in [6.07, 6.45) is 0. The lowest BCUT2D eigenvalue weighted by Gasteiger charge is -2.02. The first-order valence-electron chi connectivity index (χ1n) is 3.73. The number of hydrogen-bond acceptors (Lipinski definition) is 3. The Morgan fingerprint density at radius 2 is 2.21 bits per heavy atom. The quantitative estimate of drug-likeness (QED) is 0.494. The number of benzene rings is 1. The zero-order chi connectivity index (χ0) is 10.3. The van der Waals surface area contributed by atoms with E-state index in [1.165, 1.54) is 18.2 Å². The molecule has 0 saturated carbocycles. The number of fused-ring (bicyclic) bond motifs is 1. The maximum atomic E-state index is 11.3. The van der Waals surface area contributed by atoms with Gasteiger partial charge < -0.3 is 15.3 Å². The minimum atomic E-state index is -0.681. The number of phenols is 1. The van der Waals surface area contributed by atoms with Crippen LogP contribution in [0.25, 0.3) is 11.0 Å². The van der Waals surface area contributed by atoms with Crippen LogP contribution in [-0.4, -0.2) is 10.1 Å². The van der Waals surface area contributed by atoms with Crippen molar-refractivity contribution >= 4 is 22.6 Å². The van der Waals surface area contributed by atoms with Crippen LogP contribution in [0.15, 0.2) is 23.0 Å². The zero-order valence-corrected chi connectivity index (χ0v) is 7.58. The van der Waals surface area contributed by atoms with Gasteiger partial charge in [0.15, 0.2) is 0 Å². The molecular formula is C8H5ClN2O3. The minimum Gasteiger partial charge on any atom is -0.617 e. The molecule has 0 spiro atoms. The number of nitrogens with one attached hydrogen (secondary N) is 1. The van der Waals surface area contributed by atoms with Gasteiger partial charge in [-0.1, -0.05) is 0 Å². The van der Waals surface area contributed by atoms with Crippen LogP contribution in [0.4, 0.5) is 0 Å². The van der Waals surface area contributed by atoms with Crippen LogP contribution < -0.4 is 10.3 Å². The summed E-state index contributed by atoms with van der Waals surface area (Å²) in [4.78, 5) is 13.4.